The number of benzene rings is 2. The summed E-state index contributed by atoms with van der Waals surface area (Å²) in [4.78, 5) is 14.0. The molecule has 0 radical (unpaired) electrons. The van der Waals surface area contributed by atoms with Crippen LogP contribution in [0.4, 0.5) is 20.6 Å². The van der Waals surface area contributed by atoms with Gasteiger partial charge in [-0.05, 0) is 41.3 Å². The second-order valence-electron chi connectivity index (χ2n) is 5.53. The molecule has 0 saturated heterocycles. The Hall–Kier alpha value is -2.36. The third-order valence-corrected chi connectivity index (χ3v) is 3.73. The van der Waals surface area contributed by atoms with Crippen molar-refractivity contribution >= 4 is 17.4 Å². The van der Waals surface area contributed by atoms with Crippen LogP contribution in [0, 0.1) is 5.82 Å². The highest BCUT2D eigenvalue weighted by Gasteiger charge is 2.26. The number of carbonyl (C=O) groups is 1. The Morgan fingerprint density at radius 2 is 1.95 bits per heavy atom. The summed E-state index contributed by atoms with van der Waals surface area (Å²) in [6.07, 6.45) is 0. The van der Waals surface area contributed by atoms with E-state index in [0.29, 0.717) is 18.2 Å². The lowest BCUT2D eigenvalue weighted by Crippen LogP contribution is -2.39. The van der Waals surface area contributed by atoms with Crippen LogP contribution < -0.4 is 10.2 Å². The van der Waals surface area contributed by atoms with Gasteiger partial charge in [-0.3, -0.25) is 4.90 Å². The highest BCUT2D eigenvalue weighted by atomic mass is 19.1. The predicted octanol–water partition coefficient (Wildman–Crippen LogP) is 4.50. The molecule has 4 heteroatoms. The second kappa shape index (κ2) is 5.20. The highest BCUT2D eigenvalue weighted by molar-refractivity contribution is 6.04. The van der Waals surface area contributed by atoms with E-state index in [0.717, 1.165) is 16.8 Å². The first-order valence-corrected chi connectivity index (χ1v) is 7.02. The van der Waals surface area contributed by atoms with Crippen LogP contribution >= 0.6 is 0 Å². The molecule has 3 nitrogen and oxygen atoms in total. The van der Waals surface area contributed by atoms with E-state index in [1.807, 2.05) is 24.3 Å². The van der Waals surface area contributed by atoms with Crippen molar-refractivity contribution in [2.75, 3.05) is 10.2 Å². The third-order valence-electron chi connectivity index (χ3n) is 3.73. The number of fused-ring (bicyclic) bond motifs is 1. The molecule has 0 fully saturated rings. The number of anilines is 2. The minimum absolute atomic E-state index is 0.179. The summed E-state index contributed by atoms with van der Waals surface area (Å²) in [5.41, 5.74) is 3.44. The van der Waals surface area contributed by atoms with Crippen LogP contribution in [-0.4, -0.2) is 6.03 Å². The van der Waals surface area contributed by atoms with Crippen LogP contribution in [-0.2, 0) is 6.54 Å². The zero-order valence-corrected chi connectivity index (χ0v) is 12.1. The average Bonchev–Trinajstić information content (AvgIpc) is 2.47. The molecule has 21 heavy (non-hydrogen) atoms. The van der Waals surface area contributed by atoms with E-state index in [1.54, 1.807) is 11.0 Å². The molecular formula is C17H17FN2O. The molecule has 1 heterocycles. The van der Waals surface area contributed by atoms with Gasteiger partial charge in [0.2, 0.25) is 0 Å². The van der Waals surface area contributed by atoms with Crippen molar-refractivity contribution in [3.05, 3.63) is 59.4 Å². The maximum atomic E-state index is 13.4. The molecule has 0 bridgehead atoms. The van der Waals surface area contributed by atoms with Crippen molar-refractivity contribution in [1.82, 2.24) is 0 Å². The monoisotopic (exact) mass is 284 g/mol. The lowest BCUT2D eigenvalue weighted by atomic mass is 9.99. The van der Waals surface area contributed by atoms with Crippen LogP contribution in [0.5, 0.6) is 0 Å². The Balaban J connectivity index is 2.03. The summed E-state index contributed by atoms with van der Waals surface area (Å²) in [5.74, 6) is 0.0184. The molecule has 0 aliphatic carbocycles. The molecule has 2 aromatic rings. The van der Waals surface area contributed by atoms with Gasteiger partial charge in [-0.25, -0.2) is 9.18 Å². The molecule has 2 aromatic carbocycles. The Bertz CT molecular complexity index is 697. The first kappa shape index (κ1) is 13.6. The van der Waals surface area contributed by atoms with Gasteiger partial charge < -0.3 is 5.32 Å². The van der Waals surface area contributed by atoms with Gasteiger partial charge in [-0.1, -0.05) is 32.0 Å². The number of hydrogen-bond donors (Lipinski definition) is 1. The molecule has 3 rings (SSSR count). The first-order chi connectivity index (χ1) is 10.1. The van der Waals surface area contributed by atoms with Gasteiger partial charge >= 0.3 is 6.03 Å². The van der Waals surface area contributed by atoms with E-state index in [1.165, 1.54) is 12.1 Å². The zero-order valence-electron chi connectivity index (χ0n) is 12.1. The van der Waals surface area contributed by atoms with Gasteiger partial charge in [0.05, 0.1) is 6.54 Å². The van der Waals surface area contributed by atoms with Crippen molar-refractivity contribution in [1.29, 1.82) is 0 Å². The first-order valence-electron chi connectivity index (χ1n) is 7.02. The fourth-order valence-electron chi connectivity index (χ4n) is 2.66. The van der Waals surface area contributed by atoms with E-state index in [9.17, 15) is 9.18 Å². The summed E-state index contributed by atoms with van der Waals surface area (Å²) in [6.45, 7) is 4.56. The fraction of sp³-hybridized carbons (Fsp3) is 0.235. The number of carbonyl (C=O) groups excluding carboxylic acids is 1. The number of nitrogens with one attached hydrogen (secondary N) is 1. The van der Waals surface area contributed by atoms with Crippen LogP contribution in [0.2, 0.25) is 0 Å². The van der Waals surface area contributed by atoms with Crippen LogP contribution in [0.1, 0.15) is 30.9 Å². The topological polar surface area (TPSA) is 32.3 Å². The number of halogens is 1. The number of para-hydroxylation sites is 1. The zero-order chi connectivity index (χ0) is 15.0. The summed E-state index contributed by atoms with van der Waals surface area (Å²) in [5, 5.41) is 2.82. The van der Waals surface area contributed by atoms with Crippen molar-refractivity contribution in [2.45, 2.75) is 26.3 Å². The van der Waals surface area contributed by atoms with E-state index in [4.69, 9.17) is 0 Å². The average molecular weight is 284 g/mol. The maximum Gasteiger partial charge on any atom is 0.326 e. The van der Waals surface area contributed by atoms with Crippen LogP contribution in [0.25, 0.3) is 0 Å². The van der Waals surface area contributed by atoms with Crippen molar-refractivity contribution in [3.63, 3.8) is 0 Å². The van der Waals surface area contributed by atoms with Crippen molar-refractivity contribution < 1.29 is 9.18 Å². The SMILES string of the molecule is CC(C)c1ccccc1N1Cc2cc(F)ccc2NC1=O. The Morgan fingerprint density at radius 1 is 1.19 bits per heavy atom. The van der Waals surface area contributed by atoms with Crippen LogP contribution in [0.3, 0.4) is 0 Å². The minimum atomic E-state index is -0.290. The lowest BCUT2D eigenvalue weighted by Gasteiger charge is -2.31. The Morgan fingerprint density at radius 3 is 2.71 bits per heavy atom. The molecule has 0 saturated carbocycles. The van der Waals surface area contributed by atoms with Gasteiger partial charge in [0.1, 0.15) is 5.82 Å². The molecule has 0 spiro atoms. The smallest absolute Gasteiger partial charge is 0.307 e. The Kier molecular flexibility index (Phi) is 3.37. The molecule has 1 aliphatic heterocycles. The predicted molar refractivity (Wildman–Crippen MR) is 82.1 cm³/mol. The molecule has 2 amide bonds. The highest BCUT2D eigenvalue weighted by Crippen LogP contribution is 2.32. The summed E-state index contributed by atoms with van der Waals surface area (Å²) < 4.78 is 13.4. The van der Waals surface area contributed by atoms with Gasteiger partial charge in [0.25, 0.3) is 0 Å². The number of amides is 2. The number of rotatable bonds is 2. The Labute approximate surface area is 123 Å². The van der Waals surface area contributed by atoms with E-state index in [-0.39, 0.29) is 11.8 Å². The molecule has 0 unspecified atom stereocenters. The molecule has 108 valence electrons. The van der Waals surface area contributed by atoms with E-state index < -0.39 is 0 Å². The molecular weight excluding hydrogens is 267 g/mol. The van der Waals surface area contributed by atoms with E-state index in [2.05, 4.69) is 19.2 Å². The summed E-state index contributed by atoms with van der Waals surface area (Å²) >= 11 is 0. The molecule has 1 aliphatic rings. The molecule has 0 atom stereocenters. The van der Waals surface area contributed by atoms with Crippen molar-refractivity contribution in [3.8, 4) is 0 Å². The quantitative estimate of drug-likeness (QED) is 0.865. The molecule has 1 N–H and O–H groups in total. The van der Waals surface area contributed by atoms with Crippen molar-refractivity contribution in [2.24, 2.45) is 0 Å². The fourth-order valence-corrected chi connectivity index (χ4v) is 2.66. The van der Waals surface area contributed by atoms with Gasteiger partial charge in [0, 0.05) is 11.4 Å². The summed E-state index contributed by atoms with van der Waals surface area (Å²) in [7, 11) is 0. The normalized spacial score (nSPS) is 14.1. The number of hydrogen-bond acceptors (Lipinski definition) is 1. The second-order valence-corrected chi connectivity index (χ2v) is 5.53. The lowest BCUT2D eigenvalue weighted by molar-refractivity contribution is 0.256. The molecule has 0 aromatic heterocycles. The third kappa shape index (κ3) is 2.49. The number of nitrogens with zero attached hydrogens (tertiary/aromatic N) is 1. The van der Waals surface area contributed by atoms with Gasteiger partial charge in [-0.15, -0.1) is 0 Å². The largest absolute Gasteiger partial charge is 0.326 e. The van der Waals surface area contributed by atoms with Crippen LogP contribution in [0.15, 0.2) is 42.5 Å². The maximum absolute atomic E-state index is 13.4. The standard InChI is InChI=1S/C17H17FN2O/c1-11(2)14-5-3-4-6-16(14)20-10-12-9-13(18)7-8-15(12)19-17(20)21/h3-9,11H,10H2,1-2H3,(H,19,21). The van der Waals surface area contributed by atoms with Gasteiger partial charge in [-0.2, -0.15) is 0 Å². The number of urea groups is 1. The van der Waals surface area contributed by atoms with Gasteiger partial charge in [0.15, 0.2) is 0 Å². The minimum Gasteiger partial charge on any atom is -0.307 e. The summed E-state index contributed by atoms with van der Waals surface area (Å²) in [6, 6.07) is 12.1. The van der Waals surface area contributed by atoms with E-state index >= 15 is 0 Å².